The van der Waals surface area contributed by atoms with Gasteiger partial charge in [0, 0.05) is 5.56 Å². The van der Waals surface area contributed by atoms with Crippen molar-refractivity contribution in [3.05, 3.63) is 59.3 Å². The minimum atomic E-state index is -0.499. The third-order valence-corrected chi connectivity index (χ3v) is 3.67. The van der Waals surface area contributed by atoms with Crippen LogP contribution in [0, 0.1) is 0 Å². The third-order valence-electron chi connectivity index (χ3n) is 3.67. The van der Waals surface area contributed by atoms with Crippen molar-refractivity contribution in [2.45, 2.75) is 0 Å². The lowest BCUT2D eigenvalue weighted by Crippen LogP contribution is -2.05. The van der Waals surface area contributed by atoms with Gasteiger partial charge in [0.1, 0.15) is 5.75 Å². The second-order valence-electron chi connectivity index (χ2n) is 5.18. The van der Waals surface area contributed by atoms with E-state index in [1.54, 1.807) is 63.8 Å². The quantitative estimate of drug-likeness (QED) is 0.619. The molecule has 0 amide bonds. The molecule has 0 saturated heterocycles. The van der Waals surface area contributed by atoms with Crippen LogP contribution in [0.2, 0.25) is 0 Å². The summed E-state index contributed by atoms with van der Waals surface area (Å²) in [4.78, 5) is 16.4. The normalized spacial score (nSPS) is 14.9. The zero-order valence-electron chi connectivity index (χ0n) is 14.1. The number of nitrogens with zero attached hydrogens (tertiary/aromatic N) is 1. The third kappa shape index (κ3) is 3.47. The summed E-state index contributed by atoms with van der Waals surface area (Å²) >= 11 is 0. The van der Waals surface area contributed by atoms with Crippen molar-refractivity contribution >= 4 is 17.9 Å². The van der Waals surface area contributed by atoms with Crippen molar-refractivity contribution < 1.29 is 23.7 Å². The summed E-state index contributed by atoms with van der Waals surface area (Å²) in [7, 11) is 4.71. The van der Waals surface area contributed by atoms with Crippen LogP contribution >= 0.6 is 0 Å². The number of methoxy groups -OCH3 is 3. The highest BCUT2D eigenvalue weighted by Crippen LogP contribution is 2.29. The molecule has 6 heteroatoms. The lowest BCUT2D eigenvalue weighted by atomic mass is 10.1. The largest absolute Gasteiger partial charge is 0.497 e. The van der Waals surface area contributed by atoms with Gasteiger partial charge in [-0.2, -0.15) is 0 Å². The Morgan fingerprint density at radius 1 is 0.920 bits per heavy atom. The summed E-state index contributed by atoms with van der Waals surface area (Å²) < 4.78 is 20.8. The topological polar surface area (TPSA) is 66.3 Å². The summed E-state index contributed by atoms with van der Waals surface area (Å²) in [5.41, 5.74) is 1.67. The van der Waals surface area contributed by atoms with Crippen molar-refractivity contribution in [1.82, 2.24) is 0 Å². The van der Waals surface area contributed by atoms with E-state index in [1.807, 2.05) is 6.07 Å². The van der Waals surface area contributed by atoms with Gasteiger partial charge in [0.05, 0.1) is 21.3 Å². The van der Waals surface area contributed by atoms with Crippen molar-refractivity contribution in [2.24, 2.45) is 4.99 Å². The number of hydrogen-bond donors (Lipinski definition) is 0. The fraction of sp³-hybridized carbons (Fsp3) is 0.158. The number of cyclic esters (lactones) is 1. The number of carbonyl (C=O) groups excluding carboxylic acids is 1. The van der Waals surface area contributed by atoms with E-state index in [1.165, 1.54) is 0 Å². The average molecular weight is 339 g/mol. The monoisotopic (exact) mass is 339 g/mol. The molecule has 2 aromatic rings. The number of esters is 1. The minimum absolute atomic E-state index is 0.220. The molecule has 0 bridgehead atoms. The Balaban J connectivity index is 1.90. The second kappa shape index (κ2) is 7.09. The van der Waals surface area contributed by atoms with E-state index in [0.29, 0.717) is 17.1 Å². The van der Waals surface area contributed by atoms with Gasteiger partial charge in [0.2, 0.25) is 5.90 Å². The number of benzene rings is 2. The zero-order chi connectivity index (χ0) is 17.8. The van der Waals surface area contributed by atoms with E-state index in [0.717, 1.165) is 11.3 Å². The first-order chi connectivity index (χ1) is 12.1. The van der Waals surface area contributed by atoms with Crippen molar-refractivity contribution in [3.63, 3.8) is 0 Å². The summed E-state index contributed by atoms with van der Waals surface area (Å²) in [6.07, 6.45) is 1.64. The maximum Gasteiger partial charge on any atom is 0.363 e. The molecular weight excluding hydrogens is 322 g/mol. The van der Waals surface area contributed by atoms with Crippen molar-refractivity contribution in [2.75, 3.05) is 21.3 Å². The summed E-state index contributed by atoms with van der Waals surface area (Å²) in [5.74, 6) is 1.67. The molecular formula is C19H17NO5. The first-order valence-electron chi connectivity index (χ1n) is 7.53. The van der Waals surface area contributed by atoms with E-state index in [2.05, 4.69) is 4.99 Å². The molecule has 128 valence electrons. The molecule has 0 N–H and O–H groups in total. The molecule has 0 spiro atoms. The Hall–Kier alpha value is -3.28. The van der Waals surface area contributed by atoms with E-state index in [4.69, 9.17) is 18.9 Å². The fourth-order valence-electron chi connectivity index (χ4n) is 2.37. The average Bonchev–Trinajstić information content (AvgIpc) is 3.02. The Kier molecular flexibility index (Phi) is 4.70. The molecule has 1 aliphatic rings. The highest BCUT2D eigenvalue weighted by atomic mass is 16.6. The smallest absolute Gasteiger partial charge is 0.363 e. The molecule has 0 unspecified atom stereocenters. The van der Waals surface area contributed by atoms with Crippen LogP contribution in [0.1, 0.15) is 11.1 Å². The van der Waals surface area contributed by atoms with Crippen LogP contribution in [-0.2, 0) is 9.53 Å². The summed E-state index contributed by atoms with van der Waals surface area (Å²) in [6.45, 7) is 0. The SMILES string of the molecule is COc1ccc(C2=N/C(=C/c3ccc(OC)c(OC)c3)C(=O)O2)cc1. The van der Waals surface area contributed by atoms with Gasteiger partial charge in [0.25, 0.3) is 0 Å². The van der Waals surface area contributed by atoms with E-state index < -0.39 is 5.97 Å². The van der Waals surface area contributed by atoms with Crippen LogP contribution in [0.5, 0.6) is 17.2 Å². The van der Waals surface area contributed by atoms with E-state index >= 15 is 0 Å². The molecule has 0 aliphatic carbocycles. The minimum Gasteiger partial charge on any atom is -0.497 e. The van der Waals surface area contributed by atoms with Gasteiger partial charge in [-0.05, 0) is 48.0 Å². The lowest BCUT2D eigenvalue weighted by molar-refractivity contribution is -0.129. The van der Waals surface area contributed by atoms with Gasteiger partial charge >= 0.3 is 5.97 Å². The predicted octanol–water partition coefficient (Wildman–Crippen LogP) is 3.06. The molecule has 0 atom stereocenters. The summed E-state index contributed by atoms with van der Waals surface area (Å²) in [6, 6.07) is 12.5. The Morgan fingerprint density at radius 2 is 1.64 bits per heavy atom. The van der Waals surface area contributed by atoms with Crippen LogP contribution in [0.25, 0.3) is 6.08 Å². The molecule has 6 nitrogen and oxygen atoms in total. The van der Waals surface area contributed by atoms with Gasteiger partial charge in [0.15, 0.2) is 17.2 Å². The summed E-state index contributed by atoms with van der Waals surface area (Å²) in [5, 5.41) is 0. The maximum atomic E-state index is 12.1. The van der Waals surface area contributed by atoms with Gasteiger partial charge in [-0.1, -0.05) is 6.07 Å². The van der Waals surface area contributed by atoms with Crippen LogP contribution < -0.4 is 14.2 Å². The molecule has 0 aromatic heterocycles. The lowest BCUT2D eigenvalue weighted by Gasteiger charge is -2.07. The van der Waals surface area contributed by atoms with Crippen LogP contribution in [0.3, 0.4) is 0 Å². The maximum absolute atomic E-state index is 12.1. The Bertz CT molecular complexity index is 853. The molecule has 25 heavy (non-hydrogen) atoms. The Labute approximate surface area is 145 Å². The fourth-order valence-corrected chi connectivity index (χ4v) is 2.37. The molecule has 1 aliphatic heterocycles. The van der Waals surface area contributed by atoms with Gasteiger partial charge < -0.3 is 18.9 Å². The second-order valence-corrected chi connectivity index (χ2v) is 5.18. The Morgan fingerprint density at radius 3 is 2.28 bits per heavy atom. The number of carbonyl (C=O) groups is 1. The standard InChI is InChI=1S/C19H17NO5/c1-22-14-7-5-13(6-8-14)18-20-15(19(21)25-18)10-12-4-9-16(23-2)17(11-12)24-3/h4-11H,1-3H3/b15-10+. The molecule has 0 fully saturated rings. The first-order valence-corrected chi connectivity index (χ1v) is 7.53. The van der Waals surface area contributed by atoms with Crippen LogP contribution in [0.4, 0.5) is 0 Å². The van der Waals surface area contributed by atoms with E-state index in [-0.39, 0.29) is 11.6 Å². The molecule has 2 aromatic carbocycles. The zero-order valence-corrected chi connectivity index (χ0v) is 14.1. The molecule has 3 rings (SSSR count). The van der Waals surface area contributed by atoms with Crippen molar-refractivity contribution in [3.8, 4) is 17.2 Å². The van der Waals surface area contributed by atoms with E-state index in [9.17, 15) is 4.79 Å². The van der Waals surface area contributed by atoms with Crippen LogP contribution in [0.15, 0.2) is 53.2 Å². The highest BCUT2D eigenvalue weighted by Gasteiger charge is 2.24. The van der Waals surface area contributed by atoms with Gasteiger partial charge in [-0.3, -0.25) is 0 Å². The number of ether oxygens (including phenoxy) is 4. The van der Waals surface area contributed by atoms with Crippen LogP contribution in [-0.4, -0.2) is 33.2 Å². The number of rotatable bonds is 5. The molecule has 0 saturated carbocycles. The van der Waals surface area contributed by atoms with Gasteiger partial charge in [-0.15, -0.1) is 0 Å². The van der Waals surface area contributed by atoms with Gasteiger partial charge in [-0.25, -0.2) is 9.79 Å². The number of aliphatic imine (C=N–C) groups is 1. The predicted molar refractivity (Wildman–Crippen MR) is 93.1 cm³/mol. The molecule has 0 radical (unpaired) electrons. The first kappa shape index (κ1) is 16.6. The molecule has 1 heterocycles. The number of hydrogen-bond acceptors (Lipinski definition) is 6. The van der Waals surface area contributed by atoms with Crippen molar-refractivity contribution in [1.29, 1.82) is 0 Å². The highest BCUT2D eigenvalue weighted by molar-refractivity contribution is 6.12.